The molecule has 0 aliphatic rings. The molecule has 6 nitrogen and oxygen atoms in total. The summed E-state index contributed by atoms with van der Waals surface area (Å²) in [6, 6.07) is 12.2. The third kappa shape index (κ3) is 8.25. The monoisotopic (exact) mass is 402 g/mol. The molecule has 1 atom stereocenters. The molecule has 0 aromatic heterocycles. The van der Waals surface area contributed by atoms with Crippen molar-refractivity contribution >= 4 is 11.9 Å². The first-order valence-corrected chi connectivity index (χ1v) is 9.61. The van der Waals surface area contributed by atoms with Crippen LogP contribution >= 0.6 is 0 Å². The van der Waals surface area contributed by atoms with Gasteiger partial charge >= 0.3 is 11.9 Å². The second kappa shape index (κ2) is 11.1. The molecule has 158 valence electrons. The van der Waals surface area contributed by atoms with Crippen molar-refractivity contribution in [2.45, 2.75) is 47.5 Å². The van der Waals surface area contributed by atoms with Gasteiger partial charge in [0.15, 0.2) is 0 Å². The Kier molecular flexibility index (Phi) is 9.19. The van der Waals surface area contributed by atoms with Crippen LogP contribution in [-0.4, -0.2) is 22.2 Å². The summed E-state index contributed by atoms with van der Waals surface area (Å²) in [7, 11) is 0. The molecule has 0 saturated carbocycles. The largest absolute Gasteiger partial charge is 0.508 e. The molecule has 2 aromatic rings. The number of hydrogen-bond donors (Lipinski definition) is 2. The van der Waals surface area contributed by atoms with Crippen molar-refractivity contribution in [3.63, 3.8) is 0 Å². The molecule has 6 heteroatoms. The molecule has 29 heavy (non-hydrogen) atoms. The number of rotatable bonds is 6. The van der Waals surface area contributed by atoms with Gasteiger partial charge in [-0.2, -0.15) is 0 Å². The fourth-order valence-electron chi connectivity index (χ4n) is 1.80. The second-order valence-corrected chi connectivity index (χ2v) is 7.35. The Balaban J connectivity index is 0.000000291. The first kappa shape index (κ1) is 24.0. The van der Waals surface area contributed by atoms with Gasteiger partial charge in [-0.3, -0.25) is 9.59 Å². The smallest absolute Gasteiger partial charge is 0.316 e. The molecule has 0 aliphatic carbocycles. The number of hydrogen-bond acceptors (Lipinski definition) is 6. The zero-order valence-electron chi connectivity index (χ0n) is 17.6. The first-order valence-electron chi connectivity index (χ1n) is 9.61. The molecular weight excluding hydrogens is 372 g/mol. The van der Waals surface area contributed by atoms with E-state index in [9.17, 15) is 9.59 Å². The third-order valence-electron chi connectivity index (χ3n) is 4.55. The molecular formula is C23H30O6. The van der Waals surface area contributed by atoms with Crippen LogP contribution in [0, 0.1) is 11.3 Å². The molecule has 0 amide bonds. The Morgan fingerprint density at radius 1 is 0.862 bits per heavy atom. The number of phenols is 2. The minimum atomic E-state index is -0.474. The van der Waals surface area contributed by atoms with Crippen LogP contribution in [0.2, 0.25) is 0 Å². The lowest BCUT2D eigenvalue weighted by atomic mass is 9.91. The number of phenolic OH excluding ortho intramolecular Hbond substituents is 2. The Bertz CT molecular complexity index is 778. The highest BCUT2D eigenvalue weighted by Crippen LogP contribution is 2.24. The molecule has 0 bridgehead atoms. The van der Waals surface area contributed by atoms with Gasteiger partial charge in [-0.1, -0.05) is 20.8 Å². The number of esters is 2. The number of carbonyl (C=O) groups excluding carboxylic acids is 2. The summed E-state index contributed by atoms with van der Waals surface area (Å²) in [5.74, 6) is 0.656. The summed E-state index contributed by atoms with van der Waals surface area (Å²) in [5.41, 5.74) is -0.474. The van der Waals surface area contributed by atoms with E-state index < -0.39 is 5.41 Å². The van der Waals surface area contributed by atoms with Crippen LogP contribution < -0.4 is 9.47 Å². The van der Waals surface area contributed by atoms with Crippen molar-refractivity contribution in [1.29, 1.82) is 0 Å². The van der Waals surface area contributed by atoms with E-state index in [0.29, 0.717) is 11.5 Å². The fourth-order valence-corrected chi connectivity index (χ4v) is 1.80. The number of benzene rings is 2. The fraction of sp³-hybridized carbons (Fsp3) is 0.391. The molecule has 0 aliphatic heterocycles. The first-order chi connectivity index (χ1) is 13.6. The van der Waals surface area contributed by atoms with E-state index in [1.165, 1.54) is 24.3 Å². The number of ether oxygens (including phenoxy) is 2. The Morgan fingerprint density at radius 3 is 1.66 bits per heavy atom. The topological polar surface area (TPSA) is 93.1 Å². The summed E-state index contributed by atoms with van der Waals surface area (Å²) in [6.45, 7) is 9.38. The van der Waals surface area contributed by atoms with Gasteiger partial charge in [0.2, 0.25) is 0 Å². The summed E-state index contributed by atoms with van der Waals surface area (Å²) >= 11 is 0. The van der Waals surface area contributed by atoms with Gasteiger partial charge in [-0.05, 0) is 75.2 Å². The van der Waals surface area contributed by atoms with Crippen LogP contribution in [0.1, 0.15) is 47.5 Å². The number of carbonyl (C=O) groups is 2. The van der Waals surface area contributed by atoms with E-state index in [-0.39, 0.29) is 29.4 Å². The number of aromatic hydroxyl groups is 2. The quantitative estimate of drug-likeness (QED) is 0.517. The Labute approximate surface area is 172 Å². The van der Waals surface area contributed by atoms with Crippen LogP contribution in [0.25, 0.3) is 0 Å². The van der Waals surface area contributed by atoms with Crippen molar-refractivity contribution in [3.8, 4) is 23.0 Å². The van der Waals surface area contributed by atoms with E-state index in [4.69, 9.17) is 19.7 Å². The molecule has 0 fully saturated rings. The SMILES string of the molecule is CCC(C)(C)C(=O)Oc1ccc(O)cc1.CCC(C)C(=O)Oc1ccc(O)cc1. The lowest BCUT2D eigenvalue weighted by molar-refractivity contribution is -0.144. The van der Waals surface area contributed by atoms with Gasteiger partial charge in [-0.15, -0.1) is 0 Å². The van der Waals surface area contributed by atoms with Crippen molar-refractivity contribution in [3.05, 3.63) is 48.5 Å². The molecule has 0 radical (unpaired) electrons. The van der Waals surface area contributed by atoms with Gasteiger partial charge in [0.1, 0.15) is 23.0 Å². The van der Waals surface area contributed by atoms with Gasteiger partial charge in [0, 0.05) is 0 Å². The van der Waals surface area contributed by atoms with E-state index in [2.05, 4.69) is 0 Å². The lowest BCUT2D eigenvalue weighted by Crippen LogP contribution is -2.28. The van der Waals surface area contributed by atoms with E-state index in [1.807, 2.05) is 34.6 Å². The minimum Gasteiger partial charge on any atom is -0.508 e. The van der Waals surface area contributed by atoms with Gasteiger partial charge in [-0.25, -0.2) is 0 Å². The Morgan fingerprint density at radius 2 is 1.28 bits per heavy atom. The van der Waals surface area contributed by atoms with E-state index in [1.54, 1.807) is 24.3 Å². The summed E-state index contributed by atoms with van der Waals surface area (Å²) in [6.07, 6.45) is 1.49. The molecule has 0 heterocycles. The predicted molar refractivity (Wildman–Crippen MR) is 111 cm³/mol. The van der Waals surface area contributed by atoms with Gasteiger partial charge in [0.05, 0.1) is 11.3 Å². The molecule has 2 rings (SSSR count). The van der Waals surface area contributed by atoms with E-state index >= 15 is 0 Å². The van der Waals surface area contributed by atoms with Gasteiger partial charge < -0.3 is 19.7 Å². The predicted octanol–water partition coefficient (Wildman–Crippen LogP) is 5.08. The molecule has 0 saturated heterocycles. The molecule has 1 unspecified atom stereocenters. The standard InChI is InChI=1S/C12H16O3.C11H14O3/c1-4-12(2,3)11(14)15-10-7-5-9(13)6-8-10;1-3-8(2)11(13)14-10-6-4-9(12)5-7-10/h5-8,13H,4H2,1-3H3;4-8,12H,3H2,1-2H3. The van der Waals surface area contributed by atoms with Crippen LogP contribution in [0.15, 0.2) is 48.5 Å². The summed E-state index contributed by atoms with van der Waals surface area (Å²) in [5, 5.41) is 18.1. The average Bonchev–Trinajstić information content (AvgIpc) is 2.71. The maximum atomic E-state index is 11.7. The lowest BCUT2D eigenvalue weighted by Gasteiger charge is -2.19. The van der Waals surface area contributed by atoms with Crippen molar-refractivity contribution < 1.29 is 29.3 Å². The zero-order valence-corrected chi connectivity index (χ0v) is 17.6. The minimum absolute atomic E-state index is 0.0937. The summed E-state index contributed by atoms with van der Waals surface area (Å²) < 4.78 is 10.2. The van der Waals surface area contributed by atoms with Crippen LogP contribution in [0.3, 0.4) is 0 Å². The highest BCUT2D eigenvalue weighted by atomic mass is 16.5. The molecule has 0 spiro atoms. The molecule has 2 N–H and O–H groups in total. The van der Waals surface area contributed by atoms with E-state index in [0.717, 1.165) is 12.8 Å². The maximum Gasteiger partial charge on any atom is 0.316 e. The van der Waals surface area contributed by atoms with Crippen molar-refractivity contribution in [2.75, 3.05) is 0 Å². The summed E-state index contributed by atoms with van der Waals surface area (Å²) in [4.78, 5) is 23.0. The van der Waals surface area contributed by atoms with Gasteiger partial charge in [0.25, 0.3) is 0 Å². The highest BCUT2D eigenvalue weighted by molar-refractivity contribution is 5.78. The zero-order chi connectivity index (χ0) is 22.0. The van der Waals surface area contributed by atoms with Crippen LogP contribution in [0.5, 0.6) is 23.0 Å². The second-order valence-electron chi connectivity index (χ2n) is 7.35. The average molecular weight is 402 g/mol. The van der Waals surface area contributed by atoms with Crippen LogP contribution in [0.4, 0.5) is 0 Å². The Hall–Kier alpha value is -3.02. The molecule has 2 aromatic carbocycles. The maximum absolute atomic E-state index is 11.7. The highest BCUT2D eigenvalue weighted by Gasteiger charge is 2.27. The van der Waals surface area contributed by atoms with Crippen LogP contribution in [-0.2, 0) is 9.59 Å². The third-order valence-corrected chi connectivity index (χ3v) is 4.55. The van der Waals surface area contributed by atoms with Crippen molar-refractivity contribution in [2.24, 2.45) is 11.3 Å². The van der Waals surface area contributed by atoms with Crippen molar-refractivity contribution in [1.82, 2.24) is 0 Å². The normalized spacial score (nSPS) is 11.6.